The lowest BCUT2D eigenvalue weighted by Gasteiger charge is -2.21. The van der Waals surface area contributed by atoms with Crippen molar-refractivity contribution in [1.82, 2.24) is 5.32 Å². The van der Waals surface area contributed by atoms with Crippen LogP contribution in [0.3, 0.4) is 0 Å². The summed E-state index contributed by atoms with van der Waals surface area (Å²) < 4.78 is 5.40. The van der Waals surface area contributed by atoms with Crippen molar-refractivity contribution in [2.75, 3.05) is 19.8 Å². The molecule has 0 aromatic carbocycles. The summed E-state index contributed by atoms with van der Waals surface area (Å²) in [5.41, 5.74) is 0. The van der Waals surface area contributed by atoms with E-state index in [1.54, 1.807) is 0 Å². The van der Waals surface area contributed by atoms with Crippen molar-refractivity contribution in [2.45, 2.75) is 58.9 Å². The summed E-state index contributed by atoms with van der Waals surface area (Å²) in [6.07, 6.45) is 6.44. The van der Waals surface area contributed by atoms with E-state index in [2.05, 4.69) is 26.1 Å². The Hall–Kier alpha value is -0.0800. The minimum atomic E-state index is 0.720. The molecule has 1 N–H and O–H groups in total. The molecular formula is C14H29NO. The average molecular weight is 227 g/mol. The molecule has 0 radical (unpaired) electrons. The minimum absolute atomic E-state index is 0.720. The maximum absolute atomic E-state index is 5.40. The standard InChI is InChI=1S/C14H29NO/c1-4-12(3)10-14(5-2)15-8-6-13-7-9-16-11-13/h12-15H,4-11H2,1-3H3. The van der Waals surface area contributed by atoms with Crippen molar-refractivity contribution in [2.24, 2.45) is 11.8 Å². The van der Waals surface area contributed by atoms with Crippen LogP contribution in [0.1, 0.15) is 52.9 Å². The van der Waals surface area contributed by atoms with E-state index in [1.807, 2.05) is 0 Å². The molecule has 1 rings (SSSR count). The normalized spacial score (nSPS) is 24.6. The van der Waals surface area contributed by atoms with Crippen LogP contribution in [0.5, 0.6) is 0 Å². The predicted molar refractivity (Wildman–Crippen MR) is 69.7 cm³/mol. The Morgan fingerprint density at radius 2 is 2.12 bits per heavy atom. The van der Waals surface area contributed by atoms with Crippen molar-refractivity contribution >= 4 is 0 Å². The molecular weight excluding hydrogens is 198 g/mol. The fraction of sp³-hybridized carbons (Fsp3) is 1.00. The zero-order valence-electron chi connectivity index (χ0n) is 11.3. The van der Waals surface area contributed by atoms with E-state index in [-0.39, 0.29) is 0 Å². The maximum Gasteiger partial charge on any atom is 0.0495 e. The molecule has 0 amide bonds. The van der Waals surface area contributed by atoms with Gasteiger partial charge in [0.1, 0.15) is 0 Å². The van der Waals surface area contributed by atoms with Gasteiger partial charge in [-0.1, -0.05) is 27.2 Å². The number of nitrogens with one attached hydrogen (secondary N) is 1. The molecule has 0 aromatic rings. The SMILES string of the molecule is CCC(C)CC(CC)NCCC1CCOC1. The van der Waals surface area contributed by atoms with Crippen molar-refractivity contribution in [3.8, 4) is 0 Å². The van der Waals surface area contributed by atoms with E-state index >= 15 is 0 Å². The van der Waals surface area contributed by atoms with Gasteiger partial charge in [0.2, 0.25) is 0 Å². The van der Waals surface area contributed by atoms with E-state index < -0.39 is 0 Å². The molecule has 0 saturated carbocycles. The van der Waals surface area contributed by atoms with Crippen LogP contribution in [-0.4, -0.2) is 25.8 Å². The van der Waals surface area contributed by atoms with Gasteiger partial charge in [0.05, 0.1) is 0 Å². The van der Waals surface area contributed by atoms with Crippen LogP contribution in [0.25, 0.3) is 0 Å². The number of hydrogen-bond acceptors (Lipinski definition) is 2. The molecule has 3 atom stereocenters. The Kier molecular flexibility index (Phi) is 7.06. The van der Waals surface area contributed by atoms with Gasteiger partial charge in [0.15, 0.2) is 0 Å². The largest absolute Gasteiger partial charge is 0.381 e. The van der Waals surface area contributed by atoms with Crippen LogP contribution in [-0.2, 0) is 4.74 Å². The summed E-state index contributed by atoms with van der Waals surface area (Å²) in [6.45, 7) is 10.1. The fourth-order valence-electron chi connectivity index (χ4n) is 2.35. The van der Waals surface area contributed by atoms with Crippen molar-refractivity contribution in [3.63, 3.8) is 0 Å². The van der Waals surface area contributed by atoms with Crippen LogP contribution in [0.2, 0.25) is 0 Å². The smallest absolute Gasteiger partial charge is 0.0495 e. The summed E-state index contributed by atoms with van der Waals surface area (Å²) in [6, 6.07) is 0.720. The molecule has 0 aliphatic carbocycles. The molecule has 0 bridgehead atoms. The molecule has 3 unspecified atom stereocenters. The van der Waals surface area contributed by atoms with E-state index in [4.69, 9.17) is 4.74 Å². The van der Waals surface area contributed by atoms with Gasteiger partial charge in [-0.15, -0.1) is 0 Å². The molecule has 2 heteroatoms. The zero-order valence-corrected chi connectivity index (χ0v) is 11.3. The van der Waals surface area contributed by atoms with Crippen LogP contribution in [0, 0.1) is 11.8 Å². The Labute approximate surface area is 101 Å². The average Bonchev–Trinajstić information content (AvgIpc) is 2.80. The van der Waals surface area contributed by atoms with E-state index in [9.17, 15) is 0 Å². The van der Waals surface area contributed by atoms with Crippen molar-refractivity contribution in [3.05, 3.63) is 0 Å². The first-order valence-electron chi connectivity index (χ1n) is 7.07. The highest BCUT2D eigenvalue weighted by molar-refractivity contribution is 4.71. The first kappa shape index (κ1) is 14.0. The van der Waals surface area contributed by atoms with Crippen LogP contribution < -0.4 is 5.32 Å². The summed E-state index contributed by atoms with van der Waals surface area (Å²) in [5, 5.41) is 3.71. The third kappa shape index (κ3) is 5.31. The second-order valence-corrected chi connectivity index (χ2v) is 5.33. The van der Waals surface area contributed by atoms with Crippen LogP contribution in [0.15, 0.2) is 0 Å². The van der Waals surface area contributed by atoms with Crippen molar-refractivity contribution in [1.29, 1.82) is 0 Å². The predicted octanol–water partition coefficient (Wildman–Crippen LogP) is 3.22. The zero-order chi connectivity index (χ0) is 11.8. The van der Waals surface area contributed by atoms with Gasteiger partial charge in [-0.3, -0.25) is 0 Å². The molecule has 2 nitrogen and oxygen atoms in total. The molecule has 0 spiro atoms. The fourth-order valence-corrected chi connectivity index (χ4v) is 2.35. The Balaban J connectivity index is 2.08. The highest BCUT2D eigenvalue weighted by Gasteiger charge is 2.16. The summed E-state index contributed by atoms with van der Waals surface area (Å²) in [7, 11) is 0. The monoisotopic (exact) mass is 227 g/mol. The first-order valence-corrected chi connectivity index (χ1v) is 7.07. The Bertz CT molecular complexity index is 166. The van der Waals surface area contributed by atoms with E-state index in [0.717, 1.165) is 31.1 Å². The first-order chi connectivity index (χ1) is 7.76. The number of hydrogen-bond donors (Lipinski definition) is 1. The molecule has 1 aliphatic rings. The van der Waals surface area contributed by atoms with Crippen molar-refractivity contribution < 1.29 is 4.74 Å². The van der Waals surface area contributed by atoms with E-state index in [0.29, 0.717) is 0 Å². The molecule has 0 aromatic heterocycles. The molecule has 96 valence electrons. The number of rotatable bonds is 8. The summed E-state index contributed by atoms with van der Waals surface area (Å²) in [4.78, 5) is 0. The number of ether oxygens (including phenoxy) is 1. The quantitative estimate of drug-likeness (QED) is 0.687. The molecule has 1 saturated heterocycles. The van der Waals surface area contributed by atoms with Gasteiger partial charge in [-0.2, -0.15) is 0 Å². The van der Waals surface area contributed by atoms with Gasteiger partial charge in [0, 0.05) is 19.3 Å². The second-order valence-electron chi connectivity index (χ2n) is 5.33. The molecule has 1 fully saturated rings. The molecule has 1 aliphatic heterocycles. The lowest BCUT2D eigenvalue weighted by atomic mass is 9.97. The molecule has 1 heterocycles. The summed E-state index contributed by atoms with van der Waals surface area (Å²) in [5.74, 6) is 1.67. The Morgan fingerprint density at radius 1 is 1.31 bits per heavy atom. The summed E-state index contributed by atoms with van der Waals surface area (Å²) >= 11 is 0. The highest BCUT2D eigenvalue weighted by atomic mass is 16.5. The lowest BCUT2D eigenvalue weighted by molar-refractivity contribution is 0.183. The van der Waals surface area contributed by atoms with Gasteiger partial charge in [0.25, 0.3) is 0 Å². The third-order valence-electron chi connectivity index (χ3n) is 3.89. The topological polar surface area (TPSA) is 21.3 Å². The third-order valence-corrected chi connectivity index (χ3v) is 3.89. The van der Waals surface area contributed by atoms with Gasteiger partial charge >= 0.3 is 0 Å². The van der Waals surface area contributed by atoms with Gasteiger partial charge < -0.3 is 10.1 Å². The van der Waals surface area contributed by atoms with Crippen LogP contribution >= 0.6 is 0 Å². The molecule has 16 heavy (non-hydrogen) atoms. The van der Waals surface area contributed by atoms with Gasteiger partial charge in [-0.05, 0) is 44.1 Å². The second kappa shape index (κ2) is 8.08. The van der Waals surface area contributed by atoms with Gasteiger partial charge in [-0.25, -0.2) is 0 Å². The van der Waals surface area contributed by atoms with E-state index in [1.165, 1.54) is 38.6 Å². The minimum Gasteiger partial charge on any atom is -0.381 e. The van der Waals surface area contributed by atoms with Crippen LogP contribution in [0.4, 0.5) is 0 Å². The maximum atomic E-state index is 5.40. The highest BCUT2D eigenvalue weighted by Crippen LogP contribution is 2.16. The Morgan fingerprint density at radius 3 is 2.69 bits per heavy atom. The lowest BCUT2D eigenvalue weighted by Crippen LogP contribution is -2.31.